The lowest BCUT2D eigenvalue weighted by atomic mass is 10.0. The third kappa shape index (κ3) is 3.80. The number of hydrogen-bond acceptors (Lipinski definition) is 4. The van der Waals surface area contributed by atoms with Crippen LogP contribution in [0.3, 0.4) is 0 Å². The van der Waals surface area contributed by atoms with E-state index in [2.05, 4.69) is 5.32 Å². The highest BCUT2D eigenvalue weighted by Crippen LogP contribution is 2.35. The molecule has 0 atom stereocenters. The van der Waals surface area contributed by atoms with Gasteiger partial charge >= 0.3 is 0 Å². The minimum atomic E-state index is -0.540. The standard InChI is InChI=1S/C25H21FN2O3/c1-15-7-8-16(2)21(13-15)27-23-22(17-9-11-20(31-3)12-10-17)24(29)28(25(23)30)19-6-4-5-18(26)14-19/h4-14,27H,1-3H3. The van der Waals surface area contributed by atoms with E-state index in [0.29, 0.717) is 11.3 Å². The Bertz CT molecular complexity index is 1220. The minimum Gasteiger partial charge on any atom is -0.497 e. The fraction of sp³-hybridized carbons (Fsp3) is 0.120. The first-order valence-electron chi connectivity index (χ1n) is 9.76. The average Bonchev–Trinajstić information content (AvgIpc) is 3.00. The van der Waals surface area contributed by atoms with Gasteiger partial charge in [-0.05, 0) is 66.9 Å². The highest BCUT2D eigenvalue weighted by molar-refractivity contribution is 6.46. The van der Waals surface area contributed by atoms with Crippen LogP contribution in [0, 0.1) is 19.7 Å². The van der Waals surface area contributed by atoms with E-state index in [9.17, 15) is 14.0 Å². The maximum atomic E-state index is 13.8. The number of anilines is 2. The summed E-state index contributed by atoms with van der Waals surface area (Å²) in [5.41, 5.74) is 3.77. The molecule has 0 fully saturated rings. The van der Waals surface area contributed by atoms with E-state index in [1.165, 1.54) is 24.3 Å². The number of hydrogen-bond donors (Lipinski definition) is 1. The molecule has 1 aliphatic rings. The van der Waals surface area contributed by atoms with Gasteiger partial charge in [0.25, 0.3) is 11.8 Å². The molecule has 5 nitrogen and oxygen atoms in total. The number of nitrogens with one attached hydrogen (secondary N) is 1. The van der Waals surface area contributed by atoms with Crippen LogP contribution in [0.2, 0.25) is 0 Å². The molecule has 3 aromatic carbocycles. The molecular formula is C25H21FN2O3. The number of benzene rings is 3. The molecule has 0 saturated carbocycles. The van der Waals surface area contributed by atoms with Crippen LogP contribution >= 0.6 is 0 Å². The van der Waals surface area contributed by atoms with Crippen LogP contribution in [0.4, 0.5) is 15.8 Å². The van der Waals surface area contributed by atoms with Crippen LogP contribution in [0.25, 0.3) is 5.57 Å². The fourth-order valence-corrected chi connectivity index (χ4v) is 3.53. The van der Waals surface area contributed by atoms with Crippen LogP contribution < -0.4 is 15.0 Å². The van der Waals surface area contributed by atoms with Crippen LogP contribution in [-0.2, 0) is 9.59 Å². The average molecular weight is 416 g/mol. The predicted molar refractivity (Wildman–Crippen MR) is 118 cm³/mol. The largest absolute Gasteiger partial charge is 0.497 e. The summed E-state index contributed by atoms with van der Waals surface area (Å²) < 4.78 is 19.0. The van der Waals surface area contributed by atoms with Gasteiger partial charge in [0.05, 0.1) is 18.4 Å². The van der Waals surface area contributed by atoms with Gasteiger partial charge in [-0.1, -0.05) is 30.3 Å². The van der Waals surface area contributed by atoms with E-state index in [1.807, 2.05) is 32.0 Å². The lowest BCUT2D eigenvalue weighted by Crippen LogP contribution is -2.32. The topological polar surface area (TPSA) is 58.6 Å². The van der Waals surface area contributed by atoms with E-state index < -0.39 is 17.6 Å². The summed E-state index contributed by atoms with van der Waals surface area (Å²) in [4.78, 5) is 27.8. The van der Waals surface area contributed by atoms with Gasteiger partial charge in [-0.15, -0.1) is 0 Å². The first-order valence-corrected chi connectivity index (χ1v) is 9.76. The summed E-state index contributed by atoms with van der Waals surface area (Å²) in [7, 11) is 1.55. The zero-order valence-corrected chi connectivity index (χ0v) is 17.4. The third-order valence-corrected chi connectivity index (χ3v) is 5.18. The second-order valence-corrected chi connectivity index (χ2v) is 7.35. The second-order valence-electron chi connectivity index (χ2n) is 7.35. The summed E-state index contributed by atoms with van der Waals surface area (Å²) >= 11 is 0. The highest BCUT2D eigenvalue weighted by atomic mass is 19.1. The van der Waals surface area contributed by atoms with Gasteiger partial charge in [0.15, 0.2) is 0 Å². The Hall–Kier alpha value is -3.93. The van der Waals surface area contributed by atoms with E-state index in [-0.39, 0.29) is 17.0 Å². The Labute approximate surface area is 179 Å². The molecule has 0 bridgehead atoms. The van der Waals surface area contributed by atoms with Gasteiger partial charge in [-0.2, -0.15) is 0 Å². The van der Waals surface area contributed by atoms with Crippen molar-refractivity contribution in [2.75, 3.05) is 17.3 Å². The number of nitrogens with zero attached hydrogens (tertiary/aromatic N) is 1. The molecule has 4 rings (SSSR count). The summed E-state index contributed by atoms with van der Waals surface area (Å²) in [5.74, 6) is -0.955. The first-order chi connectivity index (χ1) is 14.9. The summed E-state index contributed by atoms with van der Waals surface area (Å²) in [6.07, 6.45) is 0. The smallest absolute Gasteiger partial charge is 0.282 e. The highest BCUT2D eigenvalue weighted by Gasteiger charge is 2.40. The molecule has 31 heavy (non-hydrogen) atoms. The van der Waals surface area contributed by atoms with E-state index in [1.54, 1.807) is 31.4 Å². The molecule has 0 radical (unpaired) electrons. The van der Waals surface area contributed by atoms with Crippen LogP contribution in [-0.4, -0.2) is 18.9 Å². The van der Waals surface area contributed by atoms with Crippen molar-refractivity contribution in [1.82, 2.24) is 0 Å². The lowest BCUT2D eigenvalue weighted by Gasteiger charge is -2.16. The zero-order valence-electron chi connectivity index (χ0n) is 17.4. The number of aryl methyl sites for hydroxylation is 2. The fourth-order valence-electron chi connectivity index (χ4n) is 3.53. The van der Waals surface area contributed by atoms with E-state index in [4.69, 9.17) is 4.74 Å². The number of carbonyl (C=O) groups excluding carboxylic acids is 2. The number of carbonyl (C=O) groups is 2. The van der Waals surface area contributed by atoms with Crippen LogP contribution in [0.5, 0.6) is 5.75 Å². The molecule has 0 unspecified atom stereocenters. The Balaban J connectivity index is 1.85. The predicted octanol–water partition coefficient (Wildman–Crippen LogP) is 4.85. The van der Waals surface area contributed by atoms with Gasteiger partial charge in [-0.3, -0.25) is 9.59 Å². The minimum absolute atomic E-state index is 0.146. The van der Waals surface area contributed by atoms with Gasteiger partial charge < -0.3 is 10.1 Å². The van der Waals surface area contributed by atoms with Crippen molar-refractivity contribution < 1.29 is 18.7 Å². The van der Waals surface area contributed by atoms with E-state index in [0.717, 1.165) is 21.7 Å². The Morgan fingerprint density at radius 3 is 2.32 bits per heavy atom. The van der Waals surface area contributed by atoms with Crippen molar-refractivity contribution in [3.8, 4) is 5.75 Å². The molecule has 0 saturated heterocycles. The molecule has 1 N–H and O–H groups in total. The van der Waals surface area contributed by atoms with Gasteiger partial charge in [0.2, 0.25) is 0 Å². The number of rotatable bonds is 5. The van der Waals surface area contributed by atoms with Crippen molar-refractivity contribution >= 4 is 28.8 Å². The maximum Gasteiger partial charge on any atom is 0.282 e. The maximum absolute atomic E-state index is 13.8. The molecule has 2 amide bonds. The normalized spacial score (nSPS) is 13.7. The van der Waals surface area contributed by atoms with Crippen molar-refractivity contribution in [3.63, 3.8) is 0 Å². The molecule has 0 aliphatic carbocycles. The third-order valence-electron chi connectivity index (χ3n) is 5.18. The molecule has 156 valence electrons. The molecule has 1 aliphatic heterocycles. The van der Waals surface area contributed by atoms with Gasteiger partial charge in [-0.25, -0.2) is 9.29 Å². The number of imide groups is 1. The second kappa shape index (κ2) is 8.07. The summed E-state index contributed by atoms with van der Waals surface area (Å²) in [6, 6.07) is 18.1. The first kappa shape index (κ1) is 20.3. The van der Waals surface area contributed by atoms with Crippen molar-refractivity contribution in [1.29, 1.82) is 0 Å². The van der Waals surface area contributed by atoms with Crippen molar-refractivity contribution in [2.24, 2.45) is 0 Å². The lowest BCUT2D eigenvalue weighted by molar-refractivity contribution is -0.120. The van der Waals surface area contributed by atoms with Gasteiger partial charge in [0.1, 0.15) is 17.3 Å². The van der Waals surface area contributed by atoms with Crippen LogP contribution in [0.1, 0.15) is 16.7 Å². The monoisotopic (exact) mass is 416 g/mol. The number of amides is 2. The quantitative estimate of drug-likeness (QED) is 0.604. The Morgan fingerprint density at radius 2 is 1.65 bits per heavy atom. The molecule has 6 heteroatoms. The zero-order chi connectivity index (χ0) is 22.1. The molecule has 0 aromatic heterocycles. The molecule has 1 heterocycles. The van der Waals surface area contributed by atoms with Crippen molar-refractivity contribution in [2.45, 2.75) is 13.8 Å². The Morgan fingerprint density at radius 1 is 0.903 bits per heavy atom. The molecular weight excluding hydrogens is 395 g/mol. The molecule has 3 aromatic rings. The van der Waals surface area contributed by atoms with Crippen LogP contribution in [0.15, 0.2) is 72.4 Å². The summed E-state index contributed by atoms with van der Waals surface area (Å²) in [6.45, 7) is 3.87. The number of halogens is 1. The van der Waals surface area contributed by atoms with Crippen molar-refractivity contribution in [3.05, 3.63) is 94.9 Å². The molecule has 0 spiro atoms. The SMILES string of the molecule is COc1ccc(C2=C(Nc3cc(C)ccc3C)C(=O)N(c3cccc(F)c3)C2=O)cc1. The number of ether oxygens (including phenoxy) is 1. The summed E-state index contributed by atoms with van der Waals surface area (Å²) in [5, 5.41) is 3.16. The van der Waals surface area contributed by atoms with Gasteiger partial charge in [0, 0.05) is 5.69 Å². The number of methoxy groups -OCH3 is 1. The Kier molecular flexibility index (Phi) is 5.29. The van der Waals surface area contributed by atoms with E-state index >= 15 is 0 Å².